The molecule has 0 spiro atoms. The van der Waals surface area contributed by atoms with E-state index in [1.165, 1.54) is 33.3 Å². The number of hydrogen-bond acceptors (Lipinski definition) is 3. The fraction of sp³-hybridized carbons (Fsp3) is 0.412. The lowest BCUT2D eigenvalue weighted by atomic mass is 10.1. The molecule has 0 saturated carbocycles. The number of benzene rings is 1. The molecular weight excluding hydrogens is 326 g/mol. The number of halogens is 1. The number of fused-ring (bicyclic) bond motifs is 1. The molecule has 21 heavy (non-hydrogen) atoms. The first-order chi connectivity index (χ1) is 10.1. The van der Waals surface area contributed by atoms with Crippen LogP contribution in [0.25, 0.3) is 11.4 Å². The van der Waals surface area contributed by atoms with Crippen molar-refractivity contribution in [3.05, 3.63) is 39.0 Å². The van der Waals surface area contributed by atoms with Crippen LogP contribution < -0.4 is 5.32 Å². The van der Waals surface area contributed by atoms with Crippen molar-refractivity contribution in [2.45, 2.75) is 40.0 Å². The van der Waals surface area contributed by atoms with Gasteiger partial charge in [-0.3, -0.25) is 0 Å². The molecule has 1 N–H and O–H groups in total. The van der Waals surface area contributed by atoms with Gasteiger partial charge in [0.25, 0.3) is 0 Å². The molecule has 110 valence electrons. The van der Waals surface area contributed by atoms with E-state index in [0.29, 0.717) is 0 Å². The van der Waals surface area contributed by atoms with Gasteiger partial charge in [0.2, 0.25) is 0 Å². The van der Waals surface area contributed by atoms with Gasteiger partial charge in [0.1, 0.15) is 5.82 Å². The number of aromatic nitrogens is 2. The van der Waals surface area contributed by atoms with E-state index in [-0.39, 0.29) is 0 Å². The van der Waals surface area contributed by atoms with E-state index in [1.54, 1.807) is 0 Å². The molecular formula is C17H20BrN3. The Kier molecular flexibility index (Phi) is 3.98. The van der Waals surface area contributed by atoms with Crippen LogP contribution in [0.3, 0.4) is 0 Å². The lowest BCUT2D eigenvalue weighted by Gasteiger charge is -2.12. The van der Waals surface area contributed by atoms with Gasteiger partial charge in [-0.2, -0.15) is 0 Å². The van der Waals surface area contributed by atoms with Crippen molar-refractivity contribution in [1.82, 2.24) is 9.97 Å². The third-order valence-electron chi connectivity index (χ3n) is 3.97. The molecule has 1 aliphatic carbocycles. The smallest absolute Gasteiger partial charge is 0.161 e. The zero-order valence-electron chi connectivity index (χ0n) is 12.8. The van der Waals surface area contributed by atoms with Crippen LogP contribution in [0, 0.1) is 13.8 Å². The summed E-state index contributed by atoms with van der Waals surface area (Å²) >= 11 is 3.62. The van der Waals surface area contributed by atoms with Gasteiger partial charge in [0.05, 0.1) is 0 Å². The average molecular weight is 346 g/mol. The highest BCUT2D eigenvalue weighted by atomic mass is 79.9. The summed E-state index contributed by atoms with van der Waals surface area (Å²) in [7, 11) is 0. The summed E-state index contributed by atoms with van der Waals surface area (Å²) in [4.78, 5) is 9.59. The van der Waals surface area contributed by atoms with Crippen LogP contribution >= 0.6 is 15.9 Å². The normalized spacial score (nSPS) is 13.3. The second-order valence-corrected chi connectivity index (χ2v) is 6.42. The van der Waals surface area contributed by atoms with Crippen LogP contribution in [0.4, 0.5) is 5.82 Å². The Balaban J connectivity index is 2.13. The van der Waals surface area contributed by atoms with Gasteiger partial charge in [0.15, 0.2) is 5.82 Å². The van der Waals surface area contributed by atoms with Gasteiger partial charge in [-0.1, -0.05) is 15.9 Å². The van der Waals surface area contributed by atoms with Gasteiger partial charge in [-0.15, -0.1) is 0 Å². The summed E-state index contributed by atoms with van der Waals surface area (Å²) in [5.41, 5.74) is 6.07. The first-order valence-corrected chi connectivity index (χ1v) is 8.30. The number of hydrogen-bond donors (Lipinski definition) is 1. The molecule has 0 amide bonds. The molecule has 0 bridgehead atoms. The summed E-state index contributed by atoms with van der Waals surface area (Å²) in [6, 6.07) is 4.31. The summed E-state index contributed by atoms with van der Waals surface area (Å²) < 4.78 is 1.17. The van der Waals surface area contributed by atoms with Crippen molar-refractivity contribution in [2.75, 3.05) is 11.9 Å². The Hall–Kier alpha value is -1.42. The fourth-order valence-corrected chi connectivity index (χ4v) is 3.18. The van der Waals surface area contributed by atoms with Crippen LogP contribution in [-0.4, -0.2) is 16.5 Å². The minimum absolute atomic E-state index is 0.838. The number of nitrogens with one attached hydrogen (secondary N) is 1. The standard InChI is InChI=1S/C17H20BrN3/c1-4-19-17-13-6-5-7-14(13)20-16(21-17)12-8-10(2)15(18)11(3)9-12/h8-9H,4-7H2,1-3H3,(H,19,20,21). The molecule has 1 heterocycles. The van der Waals surface area contributed by atoms with Crippen molar-refractivity contribution in [2.24, 2.45) is 0 Å². The first-order valence-electron chi connectivity index (χ1n) is 7.51. The molecule has 0 atom stereocenters. The maximum atomic E-state index is 4.81. The Morgan fingerprint density at radius 1 is 1.14 bits per heavy atom. The number of anilines is 1. The predicted octanol–water partition coefficient (Wildman–Crippen LogP) is 4.44. The largest absolute Gasteiger partial charge is 0.370 e. The molecule has 3 nitrogen and oxygen atoms in total. The number of aryl methyl sites for hydroxylation is 3. The minimum Gasteiger partial charge on any atom is -0.370 e. The van der Waals surface area contributed by atoms with E-state index in [2.05, 4.69) is 54.2 Å². The van der Waals surface area contributed by atoms with Crippen molar-refractivity contribution in [3.63, 3.8) is 0 Å². The van der Waals surface area contributed by atoms with Gasteiger partial charge in [-0.05, 0) is 63.3 Å². The molecule has 1 aromatic carbocycles. The molecule has 2 aromatic rings. The zero-order chi connectivity index (χ0) is 15.0. The van der Waals surface area contributed by atoms with Crippen molar-refractivity contribution in [1.29, 1.82) is 0 Å². The Morgan fingerprint density at radius 3 is 2.52 bits per heavy atom. The van der Waals surface area contributed by atoms with E-state index in [0.717, 1.165) is 36.6 Å². The van der Waals surface area contributed by atoms with Crippen LogP contribution in [0.2, 0.25) is 0 Å². The predicted molar refractivity (Wildman–Crippen MR) is 90.8 cm³/mol. The molecule has 0 fully saturated rings. The summed E-state index contributed by atoms with van der Waals surface area (Å²) in [5, 5.41) is 3.40. The molecule has 1 aliphatic rings. The van der Waals surface area contributed by atoms with Crippen LogP contribution in [0.15, 0.2) is 16.6 Å². The van der Waals surface area contributed by atoms with Gasteiger partial charge in [-0.25, -0.2) is 9.97 Å². The first kappa shape index (κ1) is 14.5. The Morgan fingerprint density at radius 2 is 1.86 bits per heavy atom. The van der Waals surface area contributed by atoms with Crippen LogP contribution in [0.5, 0.6) is 0 Å². The van der Waals surface area contributed by atoms with Crippen molar-refractivity contribution >= 4 is 21.7 Å². The van der Waals surface area contributed by atoms with E-state index in [9.17, 15) is 0 Å². The molecule has 3 rings (SSSR count). The Labute approximate surface area is 134 Å². The second-order valence-electron chi connectivity index (χ2n) is 5.63. The molecule has 0 unspecified atom stereocenters. The lowest BCUT2D eigenvalue weighted by molar-refractivity contribution is 0.900. The molecule has 1 aromatic heterocycles. The van der Waals surface area contributed by atoms with Crippen LogP contribution in [0.1, 0.15) is 35.7 Å². The van der Waals surface area contributed by atoms with Gasteiger partial charge in [0, 0.05) is 27.8 Å². The number of nitrogens with zero attached hydrogens (tertiary/aromatic N) is 2. The molecule has 4 heteroatoms. The maximum absolute atomic E-state index is 4.81. The SMILES string of the molecule is CCNc1nc(-c2cc(C)c(Br)c(C)c2)nc2c1CCC2. The van der Waals surface area contributed by atoms with E-state index >= 15 is 0 Å². The average Bonchev–Trinajstić information content (AvgIpc) is 2.93. The van der Waals surface area contributed by atoms with Crippen molar-refractivity contribution < 1.29 is 0 Å². The van der Waals surface area contributed by atoms with E-state index in [1.807, 2.05) is 0 Å². The molecule has 0 saturated heterocycles. The van der Waals surface area contributed by atoms with E-state index in [4.69, 9.17) is 9.97 Å². The highest BCUT2D eigenvalue weighted by Crippen LogP contribution is 2.31. The summed E-state index contributed by atoms with van der Waals surface area (Å²) in [5.74, 6) is 1.86. The fourth-order valence-electron chi connectivity index (χ4n) is 2.95. The van der Waals surface area contributed by atoms with Gasteiger partial charge >= 0.3 is 0 Å². The monoisotopic (exact) mass is 345 g/mol. The third kappa shape index (κ3) is 2.69. The maximum Gasteiger partial charge on any atom is 0.161 e. The highest BCUT2D eigenvalue weighted by Gasteiger charge is 2.20. The van der Waals surface area contributed by atoms with Crippen LogP contribution in [-0.2, 0) is 12.8 Å². The highest BCUT2D eigenvalue weighted by molar-refractivity contribution is 9.10. The summed E-state index contributed by atoms with van der Waals surface area (Å²) in [6.07, 6.45) is 3.35. The third-order valence-corrected chi connectivity index (χ3v) is 5.22. The minimum atomic E-state index is 0.838. The lowest BCUT2D eigenvalue weighted by Crippen LogP contribution is -2.06. The Bertz CT molecular complexity index is 672. The number of rotatable bonds is 3. The van der Waals surface area contributed by atoms with Gasteiger partial charge < -0.3 is 5.32 Å². The quantitative estimate of drug-likeness (QED) is 0.893. The topological polar surface area (TPSA) is 37.8 Å². The van der Waals surface area contributed by atoms with Crippen molar-refractivity contribution in [3.8, 4) is 11.4 Å². The zero-order valence-corrected chi connectivity index (χ0v) is 14.3. The van der Waals surface area contributed by atoms with E-state index < -0.39 is 0 Å². The summed E-state index contributed by atoms with van der Waals surface area (Å²) in [6.45, 7) is 7.22. The second kappa shape index (κ2) is 5.76. The molecule has 0 aliphatic heterocycles. The molecule has 0 radical (unpaired) electrons.